The third-order valence-corrected chi connectivity index (χ3v) is 3.03. The van der Waals surface area contributed by atoms with Gasteiger partial charge in [0.2, 0.25) is 0 Å². The number of benzene rings is 1. The van der Waals surface area contributed by atoms with Crippen molar-refractivity contribution in [1.29, 1.82) is 0 Å². The third kappa shape index (κ3) is 2.71. The molecule has 0 amide bonds. The van der Waals surface area contributed by atoms with E-state index in [4.69, 9.17) is 11.6 Å². The summed E-state index contributed by atoms with van der Waals surface area (Å²) in [5.41, 5.74) is -0.289. The lowest BCUT2D eigenvalue weighted by Crippen LogP contribution is -2.00. The third-order valence-electron chi connectivity index (χ3n) is 2.62. The number of nitrogens with zero attached hydrogens (tertiary/aromatic N) is 2. The summed E-state index contributed by atoms with van der Waals surface area (Å²) < 4.78 is 0. The van der Waals surface area contributed by atoms with Crippen molar-refractivity contribution in [2.24, 2.45) is 0 Å². The van der Waals surface area contributed by atoms with Gasteiger partial charge in [-0.1, -0.05) is 25.4 Å². The smallest absolute Gasteiger partial charge is 0.258 e. The molecule has 6 nitrogen and oxygen atoms in total. The quantitative estimate of drug-likeness (QED) is 0.609. The minimum Gasteiger partial charge on any atom is -0.258 e. The highest BCUT2D eigenvalue weighted by molar-refractivity contribution is 6.33. The van der Waals surface area contributed by atoms with Crippen LogP contribution in [0.15, 0.2) is 12.1 Å². The van der Waals surface area contributed by atoms with E-state index in [1.54, 1.807) is 0 Å². The van der Waals surface area contributed by atoms with Crippen molar-refractivity contribution in [2.75, 3.05) is 0 Å². The SMILES string of the molecule is CC[C@H](C)c1cc([N+](=O)[O-])cc([N+](=O)[O-])c1Cl. The van der Waals surface area contributed by atoms with Gasteiger partial charge in [-0.3, -0.25) is 20.2 Å². The zero-order chi connectivity index (χ0) is 13.2. The van der Waals surface area contributed by atoms with E-state index >= 15 is 0 Å². The Morgan fingerprint density at radius 2 is 1.88 bits per heavy atom. The fourth-order valence-electron chi connectivity index (χ4n) is 1.43. The lowest BCUT2D eigenvalue weighted by Gasteiger charge is -2.10. The molecule has 0 saturated heterocycles. The molecular weight excluding hydrogens is 248 g/mol. The summed E-state index contributed by atoms with van der Waals surface area (Å²) in [6.45, 7) is 3.69. The predicted octanol–water partition coefficient (Wildman–Crippen LogP) is 3.67. The first kappa shape index (κ1) is 13.4. The van der Waals surface area contributed by atoms with E-state index < -0.39 is 15.5 Å². The highest BCUT2D eigenvalue weighted by Crippen LogP contribution is 2.37. The van der Waals surface area contributed by atoms with Crippen LogP contribution in [-0.2, 0) is 0 Å². The van der Waals surface area contributed by atoms with Gasteiger partial charge >= 0.3 is 0 Å². The van der Waals surface area contributed by atoms with E-state index in [0.29, 0.717) is 12.0 Å². The summed E-state index contributed by atoms with van der Waals surface area (Å²) >= 11 is 5.89. The maximum Gasteiger partial charge on any atom is 0.295 e. The molecule has 0 fully saturated rings. The number of hydrogen-bond acceptors (Lipinski definition) is 4. The van der Waals surface area contributed by atoms with Gasteiger partial charge in [-0.15, -0.1) is 0 Å². The summed E-state index contributed by atoms with van der Waals surface area (Å²) in [6, 6.07) is 2.18. The molecule has 0 unspecified atom stereocenters. The highest BCUT2D eigenvalue weighted by atomic mass is 35.5. The van der Waals surface area contributed by atoms with E-state index in [1.807, 2.05) is 13.8 Å². The van der Waals surface area contributed by atoms with Crippen molar-refractivity contribution < 1.29 is 9.85 Å². The molecule has 17 heavy (non-hydrogen) atoms. The summed E-state index contributed by atoms with van der Waals surface area (Å²) in [6.07, 6.45) is 0.693. The van der Waals surface area contributed by atoms with Gasteiger partial charge in [0, 0.05) is 6.07 Å². The Bertz CT molecular complexity index is 476. The molecule has 0 N–H and O–H groups in total. The van der Waals surface area contributed by atoms with E-state index in [2.05, 4.69) is 0 Å². The average molecular weight is 259 g/mol. The molecule has 1 aromatic rings. The van der Waals surface area contributed by atoms with Crippen molar-refractivity contribution in [2.45, 2.75) is 26.2 Å². The minimum atomic E-state index is -0.707. The fourth-order valence-corrected chi connectivity index (χ4v) is 1.80. The second-order valence-corrected chi connectivity index (χ2v) is 4.07. The topological polar surface area (TPSA) is 86.3 Å². The highest BCUT2D eigenvalue weighted by Gasteiger charge is 2.24. The Morgan fingerprint density at radius 1 is 1.29 bits per heavy atom. The second kappa shape index (κ2) is 5.09. The number of hydrogen-bond donors (Lipinski definition) is 0. The second-order valence-electron chi connectivity index (χ2n) is 3.69. The molecule has 92 valence electrons. The minimum absolute atomic E-state index is 0.0186. The average Bonchev–Trinajstić information content (AvgIpc) is 2.27. The summed E-state index contributed by atoms with van der Waals surface area (Å²) in [5, 5.41) is 21.4. The van der Waals surface area contributed by atoms with Crippen LogP contribution in [0.2, 0.25) is 5.02 Å². The first-order chi connectivity index (χ1) is 7.88. The van der Waals surface area contributed by atoms with Crippen LogP contribution in [0.4, 0.5) is 11.4 Å². The van der Waals surface area contributed by atoms with Gasteiger partial charge in [0.15, 0.2) is 0 Å². The molecule has 0 heterocycles. The lowest BCUT2D eigenvalue weighted by atomic mass is 9.97. The van der Waals surface area contributed by atoms with E-state index in [1.165, 1.54) is 6.07 Å². The monoisotopic (exact) mass is 258 g/mol. The number of non-ortho nitro benzene ring substituents is 1. The molecule has 0 aromatic heterocycles. The molecular formula is C10H11ClN2O4. The van der Waals surface area contributed by atoms with E-state index in [-0.39, 0.29) is 16.6 Å². The standard InChI is InChI=1S/C10H11ClN2O4/c1-3-6(2)8-4-7(12(14)15)5-9(10(8)11)13(16)17/h4-6H,3H2,1-2H3/t6-/m0/s1. The van der Waals surface area contributed by atoms with Crippen LogP contribution in [0.5, 0.6) is 0 Å². The molecule has 1 rings (SSSR count). The van der Waals surface area contributed by atoms with Gasteiger partial charge in [-0.25, -0.2) is 0 Å². The molecule has 0 bridgehead atoms. The van der Waals surface area contributed by atoms with Gasteiger partial charge in [0.25, 0.3) is 11.4 Å². The van der Waals surface area contributed by atoms with Crippen LogP contribution in [-0.4, -0.2) is 9.85 Å². The number of nitro groups is 2. The molecule has 7 heteroatoms. The summed E-state index contributed by atoms with van der Waals surface area (Å²) in [7, 11) is 0. The lowest BCUT2D eigenvalue weighted by molar-refractivity contribution is -0.394. The van der Waals surface area contributed by atoms with E-state index in [9.17, 15) is 20.2 Å². The Labute approximate surface area is 103 Å². The van der Waals surface area contributed by atoms with Crippen LogP contribution < -0.4 is 0 Å². The van der Waals surface area contributed by atoms with E-state index in [0.717, 1.165) is 6.07 Å². The van der Waals surface area contributed by atoms with Crippen molar-refractivity contribution in [3.8, 4) is 0 Å². The summed E-state index contributed by atoms with van der Waals surface area (Å²) in [4.78, 5) is 20.1. The first-order valence-corrected chi connectivity index (χ1v) is 5.38. The van der Waals surface area contributed by atoms with Gasteiger partial charge in [0.1, 0.15) is 5.02 Å². The predicted molar refractivity (Wildman–Crippen MR) is 63.5 cm³/mol. The Morgan fingerprint density at radius 3 is 2.29 bits per heavy atom. The maximum atomic E-state index is 10.8. The summed E-state index contributed by atoms with van der Waals surface area (Å²) in [5.74, 6) is -0.0684. The van der Waals surface area contributed by atoms with Crippen LogP contribution >= 0.6 is 11.6 Å². The molecule has 0 aliphatic heterocycles. The van der Waals surface area contributed by atoms with Gasteiger partial charge in [-0.2, -0.15) is 0 Å². The number of nitro benzene ring substituents is 2. The van der Waals surface area contributed by atoms with Crippen molar-refractivity contribution in [3.05, 3.63) is 42.9 Å². The zero-order valence-corrected chi connectivity index (χ0v) is 10.1. The maximum absolute atomic E-state index is 10.8. The largest absolute Gasteiger partial charge is 0.295 e. The first-order valence-electron chi connectivity index (χ1n) is 5.00. The molecule has 1 atom stereocenters. The van der Waals surface area contributed by atoms with Gasteiger partial charge in [0.05, 0.1) is 15.9 Å². The molecule has 0 saturated carbocycles. The van der Waals surface area contributed by atoms with Crippen molar-refractivity contribution in [3.63, 3.8) is 0 Å². The molecule has 0 aliphatic rings. The van der Waals surface area contributed by atoms with Gasteiger partial charge < -0.3 is 0 Å². The fraction of sp³-hybridized carbons (Fsp3) is 0.400. The Kier molecular flexibility index (Phi) is 4.01. The molecule has 1 aromatic carbocycles. The van der Waals surface area contributed by atoms with Crippen LogP contribution in [0, 0.1) is 20.2 Å². The normalized spacial score (nSPS) is 12.2. The van der Waals surface area contributed by atoms with Gasteiger partial charge in [-0.05, 0) is 17.9 Å². The molecule has 0 radical (unpaired) electrons. The number of halogens is 1. The van der Waals surface area contributed by atoms with Crippen LogP contribution in [0.1, 0.15) is 31.7 Å². The Balaban J connectivity index is 3.48. The van der Waals surface area contributed by atoms with Crippen LogP contribution in [0.3, 0.4) is 0 Å². The van der Waals surface area contributed by atoms with Crippen molar-refractivity contribution in [1.82, 2.24) is 0 Å². The Hall–Kier alpha value is -1.69. The molecule has 0 aliphatic carbocycles. The zero-order valence-electron chi connectivity index (χ0n) is 9.34. The molecule has 0 spiro atoms. The number of rotatable bonds is 4. The van der Waals surface area contributed by atoms with Crippen molar-refractivity contribution >= 4 is 23.0 Å². The van der Waals surface area contributed by atoms with Crippen LogP contribution in [0.25, 0.3) is 0 Å².